The number of nitrogens with one attached hydrogen (secondary N) is 2. The third-order valence-corrected chi connectivity index (χ3v) is 4.41. The first-order valence-corrected chi connectivity index (χ1v) is 9.81. The zero-order valence-corrected chi connectivity index (χ0v) is 15.9. The summed E-state index contributed by atoms with van der Waals surface area (Å²) in [6.45, 7) is 5.29. The fourth-order valence-corrected chi connectivity index (χ4v) is 2.70. The number of rotatable bonds is 12. The van der Waals surface area contributed by atoms with Gasteiger partial charge in [-0.25, -0.2) is 0 Å². The van der Waals surface area contributed by atoms with Crippen LogP contribution in [0.2, 0.25) is 0 Å². The van der Waals surface area contributed by atoms with Gasteiger partial charge in [-0.1, -0.05) is 83.1 Å². The maximum atomic E-state index is 11.8. The Balaban J connectivity index is 2.06. The number of benzene rings is 1. The molecule has 0 saturated heterocycles. The average molecular weight is 347 g/mol. The summed E-state index contributed by atoms with van der Waals surface area (Å²) in [6, 6.07) is 8.06. The number of unbranched alkanes of at least 4 members (excludes halogenated alkanes) is 7. The third-order valence-electron chi connectivity index (χ3n) is 4.41. The molecule has 4 heteroatoms. The lowest BCUT2D eigenvalue weighted by atomic mass is 10.1. The van der Waals surface area contributed by atoms with Gasteiger partial charge in [-0.2, -0.15) is 0 Å². The van der Waals surface area contributed by atoms with E-state index in [-0.39, 0.29) is 0 Å². The minimum Gasteiger partial charge on any atom is -0.348 e. The van der Waals surface area contributed by atoms with Crippen LogP contribution in [0.25, 0.3) is 0 Å². The number of hydrogen-bond donors (Lipinski definition) is 2. The lowest BCUT2D eigenvalue weighted by Crippen LogP contribution is -2.39. The van der Waals surface area contributed by atoms with Crippen molar-refractivity contribution in [2.45, 2.75) is 78.2 Å². The summed E-state index contributed by atoms with van der Waals surface area (Å²) in [6.07, 6.45) is 10.8. The first-order valence-electron chi connectivity index (χ1n) is 9.81. The highest BCUT2D eigenvalue weighted by atomic mass is 16.2. The van der Waals surface area contributed by atoms with E-state index >= 15 is 0 Å². The Morgan fingerprint density at radius 1 is 0.720 bits per heavy atom. The number of amides is 2. The largest absolute Gasteiger partial charge is 0.348 e. The Hall–Kier alpha value is -1.84. The second-order valence-electron chi connectivity index (χ2n) is 6.58. The zero-order valence-electron chi connectivity index (χ0n) is 15.9. The first kappa shape index (κ1) is 21.2. The third kappa shape index (κ3) is 9.90. The van der Waals surface area contributed by atoms with E-state index < -0.39 is 11.8 Å². The number of carbonyl (C=O) groups is 2. The number of carbonyl (C=O) groups excluding carboxylic acids is 2. The molecule has 4 nitrogen and oxygen atoms in total. The molecule has 2 N–H and O–H groups in total. The summed E-state index contributed by atoms with van der Waals surface area (Å²) in [5.41, 5.74) is 2.26. The molecule has 2 amide bonds. The lowest BCUT2D eigenvalue weighted by molar-refractivity contribution is -0.139. The van der Waals surface area contributed by atoms with Crippen molar-refractivity contribution in [3.8, 4) is 0 Å². The molecule has 0 unspecified atom stereocenters. The minimum absolute atomic E-state index is 0.383. The van der Waals surface area contributed by atoms with Crippen LogP contribution in [0.3, 0.4) is 0 Å². The molecule has 25 heavy (non-hydrogen) atoms. The molecule has 0 aromatic heterocycles. The van der Waals surface area contributed by atoms with Crippen LogP contribution < -0.4 is 10.6 Å². The van der Waals surface area contributed by atoms with Gasteiger partial charge in [-0.3, -0.25) is 9.59 Å². The van der Waals surface area contributed by atoms with E-state index in [9.17, 15) is 9.59 Å². The summed E-state index contributed by atoms with van der Waals surface area (Å²) in [5.74, 6) is -1.09. The SMILES string of the molecule is CCCCCCCCCCNC(=O)C(=O)NCc1ccc(CC)cc1. The van der Waals surface area contributed by atoms with E-state index in [2.05, 4.69) is 24.5 Å². The molecule has 0 spiro atoms. The molecule has 1 aromatic carbocycles. The molecule has 0 aliphatic heterocycles. The Morgan fingerprint density at radius 3 is 1.84 bits per heavy atom. The summed E-state index contributed by atoms with van der Waals surface area (Å²) in [5, 5.41) is 5.36. The monoisotopic (exact) mass is 346 g/mol. The summed E-state index contributed by atoms with van der Waals surface area (Å²) in [7, 11) is 0. The van der Waals surface area contributed by atoms with E-state index in [0.29, 0.717) is 13.1 Å². The predicted molar refractivity (Wildman–Crippen MR) is 103 cm³/mol. The molecule has 140 valence electrons. The normalized spacial score (nSPS) is 10.5. The lowest BCUT2D eigenvalue weighted by Gasteiger charge is -2.07. The molecule has 0 fully saturated rings. The molecule has 1 aromatic rings. The average Bonchev–Trinajstić information content (AvgIpc) is 2.65. The number of hydrogen-bond acceptors (Lipinski definition) is 2. The van der Waals surface area contributed by atoms with E-state index in [1.54, 1.807) is 0 Å². The van der Waals surface area contributed by atoms with E-state index in [1.165, 1.54) is 44.1 Å². The smallest absolute Gasteiger partial charge is 0.309 e. The van der Waals surface area contributed by atoms with Gasteiger partial charge in [0.05, 0.1) is 0 Å². The van der Waals surface area contributed by atoms with Crippen LogP contribution in [0.5, 0.6) is 0 Å². The van der Waals surface area contributed by atoms with Gasteiger partial charge in [0.1, 0.15) is 0 Å². The van der Waals surface area contributed by atoms with Crippen LogP contribution in [-0.4, -0.2) is 18.4 Å². The van der Waals surface area contributed by atoms with Gasteiger partial charge < -0.3 is 10.6 Å². The van der Waals surface area contributed by atoms with Crippen LogP contribution in [0.15, 0.2) is 24.3 Å². The highest BCUT2D eigenvalue weighted by molar-refractivity contribution is 6.35. The second-order valence-corrected chi connectivity index (χ2v) is 6.58. The van der Waals surface area contributed by atoms with Crippen molar-refractivity contribution in [2.24, 2.45) is 0 Å². The van der Waals surface area contributed by atoms with Crippen molar-refractivity contribution < 1.29 is 9.59 Å². The second kappa shape index (κ2) is 13.5. The van der Waals surface area contributed by atoms with E-state index in [1.807, 2.05) is 24.3 Å². The topological polar surface area (TPSA) is 58.2 Å². The molecular formula is C21H34N2O2. The van der Waals surface area contributed by atoms with Crippen LogP contribution in [-0.2, 0) is 22.6 Å². The van der Waals surface area contributed by atoms with Crippen LogP contribution >= 0.6 is 0 Å². The quantitative estimate of drug-likeness (QED) is 0.442. The van der Waals surface area contributed by atoms with Gasteiger partial charge in [-0.15, -0.1) is 0 Å². The summed E-state index contributed by atoms with van der Waals surface area (Å²) >= 11 is 0. The van der Waals surface area contributed by atoms with Crippen LogP contribution in [0, 0.1) is 0 Å². The van der Waals surface area contributed by atoms with Crippen molar-refractivity contribution in [3.05, 3.63) is 35.4 Å². The first-order chi connectivity index (χ1) is 12.2. The van der Waals surface area contributed by atoms with Crippen molar-refractivity contribution in [2.75, 3.05) is 6.54 Å². The Bertz CT molecular complexity index is 497. The van der Waals surface area contributed by atoms with Gasteiger partial charge in [0, 0.05) is 13.1 Å². The van der Waals surface area contributed by atoms with Crippen molar-refractivity contribution in [1.29, 1.82) is 0 Å². The Morgan fingerprint density at radius 2 is 1.24 bits per heavy atom. The maximum Gasteiger partial charge on any atom is 0.309 e. The molecule has 1 rings (SSSR count). The highest BCUT2D eigenvalue weighted by Gasteiger charge is 2.11. The van der Waals surface area contributed by atoms with Gasteiger partial charge in [0.2, 0.25) is 0 Å². The van der Waals surface area contributed by atoms with E-state index in [0.717, 1.165) is 24.8 Å². The minimum atomic E-state index is -0.556. The molecule has 0 aliphatic rings. The maximum absolute atomic E-state index is 11.8. The fourth-order valence-electron chi connectivity index (χ4n) is 2.70. The van der Waals surface area contributed by atoms with Crippen LogP contribution in [0.4, 0.5) is 0 Å². The molecule has 0 bridgehead atoms. The van der Waals surface area contributed by atoms with Gasteiger partial charge in [-0.05, 0) is 24.0 Å². The molecule has 0 heterocycles. The standard InChI is InChI=1S/C21H34N2O2/c1-3-5-6-7-8-9-10-11-16-22-20(24)21(25)23-17-19-14-12-18(4-2)13-15-19/h12-15H,3-11,16-17H2,1-2H3,(H,22,24)(H,23,25). The number of aryl methyl sites for hydroxylation is 1. The highest BCUT2D eigenvalue weighted by Crippen LogP contribution is 2.08. The zero-order chi connectivity index (χ0) is 18.3. The molecule has 0 saturated carbocycles. The van der Waals surface area contributed by atoms with Crippen molar-refractivity contribution in [1.82, 2.24) is 10.6 Å². The predicted octanol–water partition coefficient (Wildman–Crippen LogP) is 4.12. The van der Waals surface area contributed by atoms with E-state index in [4.69, 9.17) is 0 Å². The van der Waals surface area contributed by atoms with Crippen molar-refractivity contribution >= 4 is 11.8 Å². The molecule has 0 atom stereocenters. The fraction of sp³-hybridized carbons (Fsp3) is 0.619. The van der Waals surface area contributed by atoms with Gasteiger partial charge in [0.25, 0.3) is 0 Å². The Labute approximate surface area is 152 Å². The van der Waals surface area contributed by atoms with Gasteiger partial charge >= 0.3 is 11.8 Å². The molecular weight excluding hydrogens is 312 g/mol. The summed E-state index contributed by atoms with van der Waals surface area (Å²) in [4.78, 5) is 23.5. The Kier molecular flexibility index (Phi) is 11.4. The summed E-state index contributed by atoms with van der Waals surface area (Å²) < 4.78 is 0. The van der Waals surface area contributed by atoms with Crippen LogP contribution in [0.1, 0.15) is 76.3 Å². The van der Waals surface area contributed by atoms with Gasteiger partial charge in [0.15, 0.2) is 0 Å². The molecule has 0 radical (unpaired) electrons. The van der Waals surface area contributed by atoms with Crippen molar-refractivity contribution in [3.63, 3.8) is 0 Å². The molecule has 0 aliphatic carbocycles.